The molecule has 3 N–H and O–H groups in total. The molecule has 42 heavy (non-hydrogen) atoms. The average molecular weight is 585 g/mol. The van der Waals surface area contributed by atoms with Crippen molar-refractivity contribution in [2.45, 2.75) is 19.9 Å². The number of fused-ring (bicyclic) bond motifs is 2. The van der Waals surface area contributed by atoms with Crippen molar-refractivity contribution < 1.29 is 17.9 Å². The lowest BCUT2D eigenvalue weighted by atomic mass is 10.1. The first-order chi connectivity index (χ1) is 20.5. The number of ether oxygens (including phenoxy) is 1. The molecular formula is C28H26N9O4S-. The molecular weight excluding hydrogens is 558 g/mol. The topological polar surface area (TPSA) is 167 Å². The Morgan fingerprint density at radius 3 is 2.83 bits per heavy atom. The van der Waals surface area contributed by atoms with Crippen LogP contribution >= 0.6 is 0 Å². The number of aromatic nitrogens is 6. The average Bonchev–Trinajstić information content (AvgIpc) is 3.66. The van der Waals surface area contributed by atoms with Crippen molar-refractivity contribution in [3.8, 4) is 23.0 Å². The smallest absolute Gasteiger partial charge is 0.224 e. The van der Waals surface area contributed by atoms with Crippen molar-refractivity contribution in [3.63, 3.8) is 0 Å². The normalized spacial score (nSPS) is 12.1. The molecule has 4 heterocycles. The van der Waals surface area contributed by atoms with Crippen LogP contribution in [0.15, 0.2) is 78.0 Å². The van der Waals surface area contributed by atoms with Gasteiger partial charge in [-0.05, 0) is 74.0 Å². The predicted octanol–water partition coefficient (Wildman–Crippen LogP) is 4.04. The van der Waals surface area contributed by atoms with Crippen LogP contribution in [0.4, 0.5) is 11.5 Å². The second kappa shape index (κ2) is 12.4. The molecule has 6 rings (SSSR count). The number of hydrogen-bond acceptors (Lipinski definition) is 11. The maximum Gasteiger partial charge on any atom is 0.224 e. The molecule has 4 aromatic heterocycles. The van der Waals surface area contributed by atoms with Gasteiger partial charge in [0.2, 0.25) is 5.88 Å². The molecule has 1 unspecified atom stereocenters. The van der Waals surface area contributed by atoms with Crippen LogP contribution in [-0.4, -0.2) is 51.4 Å². The highest BCUT2D eigenvalue weighted by atomic mass is 32.2. The Morgan fingerprint density at radius 1 is 1.02 bits per heavy atom. The molecule has 0 aliphatic rings. The van der Waals surface area contributed by atoms with Crippen molar-refractivity contribution in [3.05, 3.63) is 84.9 Å². The van der Waals surface area contributed by atoms with Gasteiger partial charge in [0.25, 0.3) is 0 Å². The van der Waals surface area contributed by atoms with Gasteiger partial charge in [-0.25, -0.2) is 19.7 Å². The molecule has 0 fully saturated rings. The zero-order valence-corrected chi connectivity index (χ0v) is 23.3. The van der Waals surface area contributed by atoms with Crippen LogP contribution < -0.4 is 20.1 Å². The highest BCUT2D eigenvalue weighted by molar-refractivity contribution is 7.77. The summed E-state index contributed by atoms with van der Waals surface area (Å²) in [7, 11) is 0. The second-order valence-corrected chi connectivity index (χ2v) is 10.2. The minimum absolute atomic E-state index is 0.387. The number of rotatable bonds is 12. The summed E-state index contributed by atoms with van der Waals surface area (Å²) in [6, 6.07) is 17.2. The Hall–Kier alpha value is -4.76. The molecule has 0 bridgehead atoms. The minimum atomic E-state index is -2.23. The SMILES string of the molecule is Cc1cc(Nc2ncnc3ccc(-c4ccc(CNCCCNS(=O)[O-])o4)cc23)ccc1Oc1cc2nncn2cn1. The summed E-state index contributed by atoms with van der Waals surface area (Å²) in [5.41, 5.74) is 4.09. The molecule has 6 aromatic rings. The van der Waals surface area contributed by atoms with Crippen LogP contribution in [0.25, 0.3) is 27.9 Å². The zero-order chi connectivity index (χ0) is 28.9. The summed E-state index contributed by atoms with van der Waals surface area (Å²) in [5, 5.41) is 15.4. The van der Waals surface area contributed by atoms with Gasteiger partial charge in [0.05, 0.1) is 12.1 Å². The molecule has 0 aliphatic carbocycles. The van der Waals surface area contributed by atoms with Gasteiger partial charge in [0.15, 0.2) is 5.65 Å². The van der Waals surface area contributed by atoms with Gasteiger partial charge < -0.3 is 24.3 Å². The van der Waals surface area contributed by atoms with Gasteiger partial charge in [-0.15, -0.1) is 10.2 Å². The van der Waals surface area contributed by atoms with Crippen LogP contribution in [-0.2, 0) is 17.8 Å². The highest BCUT2D eigenvalue weighted by Gasteiger charge is 2.11. The number of hydrogen-bond donors (Lipinski definition) is 3. The molecule has 14 heteroatoms. The monoisotopic (exact) mass is 584 g/mol. The summed E-state index contributed by atoms with van der Waals surface area (Å²) in [6.07, 6.45) is 5.39. The molecule has 2 aromatic carbocycles. The first-order valence-corrected chi connectivity index (χ1v) is 14.2. The van der Waals surface area contributed by atoms with Crippen LogP contribution in [0.2, 0.25) is 0 Å². The summed E-state index contributed by atoms with van der Waals surface area (Å²) < 4.78 is 37.1. The summed E-state index contributed by atoms with van der Waals surface area (Å²) in [5.74, 6) is 3.27. The standard InChI is InChI=1S/C28H27N9O4S/c1-18-11-20(4-7-24(18)41-27-13-26-36-33-17-37(26)16-32-27)35-28-22-12-19(3-6-23(22)30-15-31-28)25-8-5-21(40-25)14-29-9-2-10-34-42(38)39/h3-8,11-13,15-17,29,34H,2,9-10,14H2,1H3,(H,38,39)(H,30,31,35)/p-1. The van der Waals surface area contributed by atoms with Crippen LogP contribution in [0.3, 0.4) is 0 Å². The summed E-state index contributed by atoms with van der Waals surface area (Å²) >= 11 is -2.23. The summed E-state index contributed by atoms with van der Waals surface area (Å²) in [4.78, 5) is 13.2. The van der Waals surface area contributed by atoms with Gasteiger partial charge in [-0.3, -0.25) is 8.61 Å². The number of aryl methyl sites for hydroxylation is 1. The Kier molecular flexibility index (Phi) is 8.09. The van der Waals surface area contributed by atoms with Gasteiger partial charge in [-0.2, -0.15) is 0 Å². The zero-order valence-electron chi connectivity index (χ0n) is 22.5. The predicted molar refractivity (Wildman–Crippen MR) is 156 cm³/mol. The number of nitrogens with one attached hydrogen (secondary N) is 3. The van der Waals surface area contributed by atoms with Gasteiger partial charge >= 0.3 is 0 Å². The van der Waals surface area contributed by atoms with Gasteiger partial charge in [0.1, 0.15) is 42.1 Å². The van der Waals surface area contributed by atoms with E-state index in [1.54, 1.807) is 23.1 Å². The number of furan rings is 1. The lowest BCUT2D eigenvalue weighted by molar-refractivity contribution is 0.458. The van der Waals surface area contributed by atoms with Gasteiger partial charge in [0, 0.05) is 40.5 Å². The molecule has 0 aliphatic heterocycles. The van der Waals surface area contributed by atoms with E-state index >= 15 is 0 Å². The Bertz CT molecular complexity index is 1870. The third-order valence-electron chi connectivity index (χ3n) is 6.45. The quantitative estimate of drug-likeness (QED) is 0.140. The second-order valence-electron chi connectivity index (χ2n) is 9.41. The van der Waals surface area contributed by atoms with Crippen molar-refractivity contribution in [1.82, 2.24) is 39.6 Å². The molecule has 0 radical (unpaired) electrons. The van der Waals surface area contributed by atoms with E-state index in [9.17, 15) is 8.76 Å². The molecule has 0 amide bonds. The fourth-order valence-electron chi connectivity index (χ4n) is 4.38. The largest absolute Gasteiger partial charge is 0.760 e. The molecule has 0 spiro atoms. The number of anilines is 2. The van der Waals surface area contributed by atoms with Crippen LogP contribution in [0, 0.1) is 6.92 Å². The minimum Gasteiger partial charge on any atom is -0.760 e. The van der Waals surface area contributed by atoms with Gasteiger partial charge in [-0.1, -0.05) is 0 Å². The van der Waals surface area contributed by atoms with Crippen molar-refractivity contribution >= 4 is 39.3 Å². The fraction of sp³-hybridized carbons (Fsp3) is 0.179. The van der Waals surface area contributed by atoms with E-state index in [2.05, 4.69) is 40.5 Å². The lowest BCUT2D eigenvalue weighted by Gasteiger charge is -2.12. The Morgan fingerprint density at radius 2 is 1.95 bits per heavy atom. The maximum absolute atomic E-state index is 10.5. The van der Waals surface area contributed by atoms with E-state index in [4.69, 9.17) is 9.15 Å². The first kappa shape index (κ1) is 27.4. The van der Waals surface area contributed by atoms with E-state index in [-0.39, 0.29) is 0 Å². The highest BCUT2D eigenvalue weighted by Crippen LogP contribution is 2.32. The van der Waals surface area contributed by atoms with E-state index in [0.717, 1.165) is 39.2 Å². The lowest BCUT2D eigenvalue weighted by Crippen LogP contribution is -2.22. The van der Waals surface area contributed by atoms with Crippen LogP contribution in [0.1, 0.15) is 17.7 Å². The fourth-order valence-corrected chi connectivity index (χ4v) is 4.69. The molecule has 13 nitrogen and oxygen atoms in total. The maximum atomic E-state index is 10.5. The van der Waals surface area contributed by atoms with E-state index in [1.165, 1.54) is 6.33 Å². The molecule has 214 valence electrons. The first-order valence-electron chi connectivity index (χ1n) is 13.1. The summed E-state index contributed by atoms with van der Waals surface area (Å²) in [6.45, 7) is 3.54. The molecule has 0 saturated heterocycles. The van der Waals surface area contributed by atoms with E-state index in [1.807, 2.05) is 55.5 Å². The van der Waals surface area contributed by atoms with Crippen LogP contribution in [0.5, 0.6) is 11.6 Å². The number of nitrogens with zero attached hydrogens (tertiary/aromatic N) is 6. The van der Waals surface area contributed by atoms with E-state index < -0.39 is 11.3 Å². The third kappa shape index (κ3) is 6.42. The van der Waals surface area contributed by atoms with Crippen molar-refractivity contribution in [1.29, 1.82) is 0 Å². The Balaban J connectivity index is 1.14. The third-order valence-corrected chi connectivity index (χ3v) is 6.89. The molecule has 1 atom stereocenters. The van der Waals surface area contributed by atoms with Crippen molar-refractivity contribution in [2.75, 3.05) is 18.4 Å². The van der Waals surface area contributed by atoms with E-state index in [0.29, 0.717) is 49.1 Å². The molecule has 0 saturated carbocycles. The van der Waals surface area contributed by atoms with Crippen molar-refractivity contribution in [2.24, 2.45) is 0 Å². The number of benzene rings is 2. The Labute approximate surface area is 242 Å².